The van der Waals surface area contributed by atoms with E-state index in [4.69, 9.17) is 14.6 Å². The summed E-state index contributed by atoms with van der Waals surface area (Å²) in [6, 6.07) is 7.55. The lowest BCUT2D eigenvalue weighted by molar-refractivity contribution is -0.220. The first-order chi connectivity index (χ1) is 15.1. The molecule has 0 aromatic heterocycles. The van der Waals surface area contributed by atoms with Crippen LogP contribution in [0, 0.1) is 0 Å². The summed E-state index contributed by atoms with van der Waals surface area (Å²) in [5.74, 6) is -2.33. The largest absolute Gasteiger partial charge is 0.481 e. The second-order valence-corrected chi connectivity index (χ2v) is 8.31. The number of hydrogen-bond donors (Lipinski definition) is 1. The Balaban J connectivity index is 1.87. The zero-order chi connectivity index (χ0) is 22.4. The number of Topliss-reactive ketones (excluding diaryl/α,β-unsaturated/α-hetero) is 1. The van der Waals surface area contributed by atoms with Crippen molar-refractivity contribution in [3.63, 3.8) is 0 Å². The lowest BCUT2D eigenvalue weighted by atomic mass is 9.95. The third kappa shape index (κ3) is 8.96. The van der Waals surface area contributed by atoms with E-state index in [1.807, 2.05) is 24.3 Å². The van der Waals surface area contributed by atoms with Crippen molar-refractivity contribution in [3.8, 4) is 0 Å². The van der Waals surface area contributed by atoms with Crippen molar-refractivity contribution < 1.29 is 24.2 Å². The minimum Gasteiger partial charge on any atom is -0.481 e. The first-order valence-corrected chi connectivity index (χ1v) is 11.9. The summed E-state index contributed by atoms with van der Waals surface area (Å²) in [4.78, 5) is 23.9. The molecule has 1 heterocycles. The van der Waals surface area contributed by atoms with Crippen LogP contribution in [0.3, 0.4) is 0 Å². The van der Waals surface area contributed by atoms with Gasteiger partial charge < -0.3 is 14.6 Å². The summed E-state index contributed by atoms with van der Waals surface area (Å²) in [5.41, 5.74) is 1.64. The van der Waals surface area contributed by atoms with Gasteiger partial charge in [-0.25, -0.2) is 0 Å². The number of aliphatic carboxylic acids is 1. The number of benzene rings is 1. The predicted octanol–water partition coefficient (Wildman–Crippen LogP) is 6.41. The van der Waals surface area contributed by atoms with Crippen molar-refractivity contribution >= 4 is 17.8 Å². The standard InChI is InChI=1S/C26H38O5/c1-2-3-4-5-6-7-8-9-13-22-15-17-23(18-16-22)25(29)26(19-10-11-20-30-26)31-21-12-14-24(27)28/h9,13,15-18H,2-8,10-12,14,19-21H2,1H3,(H,27,28)/b13-9-. The van der Waals surface area contributed by atoms with Crippen LogP contribution in [0.5, 0.6) is 0 Å². The lowest BCUT2D eigenvalue weighted by Crippen LogP contribution is -2.47. The number of unbranched alkanes of at least 4 members (excludes halogenated alkanes) is 6. The molecule has 1 fully saturated rings. The average molecular weight is 431 g/mol. The third-order valence-corrected chi connectivity index (χ3v) is 5.66. The van der Waals surface area contributed by atoms with Gasteiger partial charge in [-0.15, -0.1) is 0 Å². The van der Waals surface area contributed by atoms with Crippen molar-refractivity contribution in [2.75, 3.05) is 13.2 Å². The van der Waals surface area contributed by atoms with Crippen molar-refractivity contribution in [2.24, 2.45) is 0 Å². The Bertz CT molecular complexity index is 686. The highest BCUT2D eigenvalue weighted by atomic mass is 16.7. The van der Waals surface area contributed by atoms with E-state index in [-0.39, 0.29) is 18.8 Å². The predicted molar refractivity (Wildman–Crippen MR) is 123 cm³/mol. The molecule has 1 saturated heterocycles. The van der Waals surface area contributed by atoms with Crippen LogP contribution in [0.2, 0.25) is 0 Å². The van der Waals surface area contributed by atoms with E-state index in [0.717, 1.165) is 24.8 Å². The summed E-state index contributed by atoms with van der Waals surface area (Å²) in [6.07, 6.45) is 15.8. The maximum atomic E-state index is 13.2. The van der Waals surface area contributed by atoms with Crippen molar-refractivity contribution in [3.05, 3.63) is 41.5 Å². The Morgan fingerprint density at radius 2 is 1.81 bits per heavy atom. The zero-order valence-electron chi connectivity index (χ0n) is 18.9. The van der Waals surface area contributed by atoms with Gasteiger partial charge in [-0.05, 0) is 37.7 Å². The maximum Gasteiger partial charge on any atom is 0.303 e. The van der Waals surface area contributed by atoms with Gasteiger partial charge in [0.1, 0.15) is 0 Å². The summed E-state index contributed by atoms with van der Waals surface area (Å²) in [7, 11) is 0. The molecular formula is C26H38O5. The van der Waals surface area contributed by atoms with Gasteiger partial charge >= 0.3 is 5.97 Å². The molecule has 1 aliphatic rings. The van der Waals surface area contributed by atoms with E-state index >= 15 is 0 Å². The molecule has 2 rings (SSSR count). The summed E-state index contributed by atoms with van der Waals surface area (Å²) in [5, 5.41) is 8.80. The van der Waals surface area contributed by atoms with Gasteiger partial charge in [0.25, 0.3) is 0 Å². The number of hydrogen-bond acceptors (Lipinski definition) is 4. The number of carboxylic acids is 1. The van der Waals surface area contributed by atoms with Crippen LogP contribution < -0.4 is 0 Å². The molecule has 0 bridgehead atoms. The van der Waals surface area contributed by atoms with Crippen LogP contribution in [0.1, 0.15) is 99.9 Å². The number of carbonyl (C=O) groups excluding carboxylic acids is 1. The Morgan fingerprint density at radius 1 is 1.06 bits per heavy atom. The maximum absolute atomic E-state index is 13.2. The smallest absolute Gasteiger partial charge is 0.303 e. The van der Waals surface area contributed by atoms with E-state index in [9.17, 15) is 9.59 Å². The highest BCUT2D eigenvalue weighted by Gasteiger charge is 2.42. The highest BCUT2D eigenvalue weighted by Crippen LogP contribution is 2.30. The Labute approximate surface area is 186 Å². The van der Waals surface area contributed by atoms with Crippen LogP contribution >= 0.6 is 0 Å². The number of carbonyl (C=O) groups is 2. The van der Waals surface area contributed by atoms with Crippen LogP contribution in [0.15, 0.2) is 30.3 Å². The fraction of sp³-hybridized carbons (Fsp3) is 0.615. The molecule has 0 radical (unpaired) electrons. The SMILES string of the molecule is CCCCCCCC/C=C\c1ccc(C(=O)C2(OCCCC(=O)O)CCCCO2)cc1. The molecule has 0 saturated carbocycles. The van der Waals surface area contributed by atoms with Gasteiger partial charge in [-0.3, -0.25) is 9.59 Å². The molecule has 1 N–H and O–H groups in total. The topological polar surface area (TPSA) is 72.8 Å². The van der Waals surface area contributed by atoms with Crippen LogP contribution in [0.25, 0.3) is 6.08 Å². The molecular weight excluding hydrogens is 392 g/mol. The number of ether oxygens (including phenoxy) is 2. The number of ketones is 1. The first-order valence-electron chi connectivity index (χ1n) is 11.9. The minimum absolute atomic E-state index is 0.0179. The molecule has 1 aliphatic heterocycles. The fourth-order valence-corrected chi connectivity index (χ4v) is 3.82. The van der Waals surface area contributed by atoms with Crippen molar-refractivity contribution in [1.29, 1.82) is 0 Å². The Morgan fingerprint density at radius 3 is 2.48 bits per heavy atom. The van der Waals surface area contributed by atoms with E-state index in [1.54, 1.807) is 0 Å². The molecule has 1 aromatic carbocycles. The van der Waals surface area contributed by atoms with Gasteiger partial charge in [0.05, 0.1) is 13.2 Å². The van der Waals surface area contributed by atoms with Crippen LogP contribution in [0.4, 0.5) is 0 Å². The normalized spacial score (nSPS) is 19.0. The molecule has 1 aromatic rings. The quantitative estimate of drug-likeness (QED) is 0.257. The minimum atomic E-state index is -1.29. The third-order valence-electron chi connectivity index (χ3n) is 5.66. The summed E-state index contributed by atoms with van der Waals surface area (Å²) >= 11 is 0. The monoisotopic (exact) mass is 430 g/mol. The Hall–Kier alpha value is -1.98. The van der Waals surface area contributed by atoms with Crippen molar-refractivity contribution in [1.82, 2.24) is 0 Å². The number of rotatable bonds is 15. The molecule has 172 valence electrons. The average Bonchev–Trinajstić information content (AvgIpc) is 2.79. The second-order valence-electron chi connectivity index (χ2n) is 8.31. The van der Waals surface area contributed by atoms with E-state index in [1.165, 1.54) is 38.5 Å². The second kappa shape index (κ2) is 14.2. The van der Waals surface area contributed by atoms with E-state index in [0.29, 0.717) is 25.0 Å². The highest BCUT2D eigenvalue weighted by molar-refractivity contribution is 6.01. The lowest BCUT2D eigenvalue weighted by Gasteiger charge is -2.35. The summed E-state index contributed by atoms with van der Waals surface area (Å²) in [6.45, 7) is 2.90. The van der Waals surface area contributed by atoms with Gasteiger partial charge in [0, 0.05) is 18.4 Å². The number of allylic oxidation sites excluding steroid dienone is 1. The van der Waals surface area contributed by atoms with Gasteiger partial charge in [0.2, 0.25) is 11.6 Å². The molecule has 0 amide bonds. The van der Waals surface area contributed by atoms with Crippen molar-refractivity contribution in [2.45, 2.75) is 89.8 Å². The molecule has 0 spiro atoms. The Kier molecular flexibility index (Phi) is 11.5. The molecule has 5 nitrogen and oxygen atoms in total. The summed E-state index contributed by atoms with van der Waals surface area (Å²) < 4.78 is 11.7. The van der Waals surface area contributed by atoms with Gasteiger partial charge in [0.15, 0.2) is 0 Å². The van der Waals surface area contributed by atoms with E-state index in [2.05, 4.69) is 19.1 Å². The molecule has 5 heteroatoms. The molecule has 0 aliphatic carbocycles. The molecule has 1 atom stereocenters. The van der Waals surface area contributed by atoms with Crippen LogP contribution in [-0.2, 0) is 14.3 Å². The van der Waals surface area contributed by atoms with Gasteiger partial charge in [-0.1, -0.05) is 75.4 Å². The number of carboxylic acid groups (broad SMARTS) is 1. The van der Waals surface area contributed by atoms with Crippen LogP contribution in [-0.4, -0.2) is 35.9 Å². The van der Waals surface area contributed by atoms with Gasteiger partial charge in [-0.2, -0.15) is 0 Å². The molecule has 1 unspecified atom stereocenters. The molecule has 31 heavy (non-hydrogen) atoms. The zero-order valence-corrected chi connectivity index (χ0v) is 18.9. The first kappa shape index (κ1) is 25.3. The fourth-order valence-electron chi connectivity index (χ4n) is 3.82. The van der Waals surface area contributed by atoms with E-state index < -0.39 is 11.8 Å².